The lowest BCUT2D eigenvalue weighted by Crippen LogP contribution is -2.37. The van der Waals surface area contributed by atoms with Crippen LogP contribution in [0.5, 0.6) is 0 Å². The summed E-state index contributed by atoms with van der Waals surface area (Å²) in [6, 6.07) is 49.1. The van der Waals surface area contributed by atoms with Crippen LogP contribution in [0.4, 0.5) is 11.4 Å². The van der Waals surface area contributed by atoms with Crippen LogP contribution in [0.1, 0.15) is 78.0 Å². The van der Waals surface area contributed by atoms with Crippen molar-refractivity contribution in [3.63, 3.8) is 0 Å². The second-order valence-corrected chi connectivity index (χ2v) is 21.6. The van der Waals surface area contributed by atoms with Crippen LogP contribution in [0.15, 0.2) is 147 Å². The van der Waals surface area contributed by atoms with Gasteiger partial charge in [0, 0.05) is 72.3 Å². The normalized spacial score (nSPS) is 15.4. The summed E-state index contributed by atoms with van der Waals surface area (Å²) < 4.78 is 22.8. The van der Waals surface area contributed by atoms with Crippen LogP contribution >= 0.6 is 0 Å². The van der Waals surface area contributed by atoms with E-state index in [2.05, 4.69) is 192 Å². The molecular formula is C60H49BN2O3. The molecule has 320 valence electrons. The van der Waals surface area contributed by atoms with Crippen molar-refractivity contribution in [2.24, 2.45) is 0 Å². The Morgan fingerprint density at radius 2 is 1.17 bits per heavy atom. The van der Waals surface area contributed by atoms with E-state index >= 15 is 0 Å². The average Bonchev–Trinajstić information content (AvgIpc) is 4.06. The summed E-state index contributed by atoms with van der Waals surface area (Å²) in [6.07, 6.45) is 2.31. The fraction of sp³-hybridized carbons (Fsp3) is 0.200. The molecule has 8 aromatic carbocycles. The highest BCUT2D eigenvalue weighted by atomic mass is 16.3. The molecule has 0 saturated heterocycles. The van der Waals surface area contributed by atoms with Gasteiger partial charge in [0.05, 0.1) is 16.6 Å². The Bertz CT molecular complexity index is 4090. The SMILES string of the molecule is CC(C)(C)c1ccc(Nc2cc3oc4cc5c(cc4c3cc2-c2ccc3c4c6oc7ccccc7c6ccc4n4c3c2Bc2cc3c(cc2-4)oc2ccccc23)C(C)(C)CCC5(C)C)cc1. The van der Waals surface area contributed by atoms with E-state index in [4.69, 9.17) is 13.3 Å². The number of rotatable bonds is 3. The smallest absolute Gasteiger partial charge is 0.198 e. The predicted molar refractivity (Wildman–Crippen MR) is 278 cm³/mol. The van der Waals surface area contributed by atoms with Gasteiger partial charge in [-0.05, 0) is 111 Å². The average molecular weight is 857 g/mol. The number of hydrogen-bond donors (Lipinski definition) is 1. The van der Waals surface area contributed by atoms with Gasteiger partial charge in [-0.15, -0.1) is 0 Å². The van der Waals surface area contributed by atoms with E-state index in [-0.39, 0.29) is 16.2 Å². The molecule has 0 radical (unpaired) electrons. The first-order chi connectivity index (χ1) is 31.8. The number of anilines is 2. The van der Waals surface area contributed by atoms with E-state index in [1.165, 1.54) is 49.5 Å². The van der Waals surface area contributed by atoms with Crippen LogP contribution in [0.3, 0.4) is 0 Å². The third-order valence-electron chi connectivity index (χ3n) is 15.6. The summed E-state index contributed by atoms with van der Waals surface area (Å²) in [5.74, 6) is 0. The van der Waals surface area contributed by atoms with E-state index in [1.54, 1.807) is 0 Å². The molecular weight excluding hydrogens is 807 g/mol. The minimum Gasteiger partial charge on any atom is -0.456 e. The van der Waals surface area contributed by atoms with E-state index in [0.717, 1.165) is 114 Å². The summed E-state index contributed by atoms with van der Waals surface area (Å²) >= 11 is 0. The van der Waals surface area contributed by atoms with Gasteiger partial charge in [-0.1, -0.05) is 121 Å². The highest BCUT2D eigenvalue weighted by Gasteiger charge is 2.38. The zero-order chi connectivity index (χ0) is 44.6. The molecule has 1 aliphatic carbocycles. The Morgan fingerprint density at radius 1 is 0.545 bits per heavy atom. The molecule has 0 amide bonds. The summed E-state index contributed by atoms with van der Waals surface area (Å²) in [6.45, 7) is 16.4. The Kier molecular flexibility index (Phi) is 7.39. The van der Waals surface area contributed by atoms with Crippen LogP contribution < -0.4 is 16.2 Å². The largest absolute Gasteiger partial charge is 0.456 e. The van der Waals surface area contributed by atoms with Crippen molar-refractivity contribution in [1.82, 2.24) is 4.57 Å². The van der Waals surface area contributed by atoms with Crippen molar-refractivity contribution in [3.05, 3.63) is 150 Å². The Hall–Kier alpha value is -7.18. The van der Waals surface area contributed by atoms with Crippen molar-refractivity contribution >= 4 is 117 Å². The fourth-order valence-corrected chi connectivity index (χ4v) is 11.9. The zero-order valence-electron chi connectivity index (χ0n) is 38.5. The third-order valence-corrected chi connectivity index (χ3v) is 15.6. The molecule has 12 aromatic rings. The summed E-state index contributed by atoms with van der Waals surface area (Å²) in [4.78, 5) is 0. The Morgan fingerprint density at radius 3 is 1.92 bits per heavy atom. The van der Waals surface area contributed by atoms with Crippen molar-refractivity contribution in [1.29, 1.82) is 0 Å². The Labute approximate surface area is 383 Å². The first kappa shape index (κ1) is 38.1. The van der Waals surface area contributed by atoms with Gasteiger partial charge in [0.2, 0.25) is 0 Å². The summed E-state index contributed by atoms with van der Waals surface area (Å²) in [5, 5.41) is 13.1. The van der Waals surface area contributed by atoms with Crippen LogP contribution in [0.25, 0.3) is 104 Å². The van der Waals surface area contributed by atoms with E-state index in [0.29, 0.717) is 0 Å². The molecule has 2 aliphatic rings. The minimum absolute atomic E-state index is 0.0499. The van der Waals surface area contributed by atoms with Crippen LogP contribution in [0, 0.1) is 0 Å². The molecule has 0 fully saturated rings. The first-order valence-electron chi connectivity index (χ1n) is 23.6. The lowest BCUT2D eigenvalue weighted by atomic mass is 9.59. The summed E-state index contributed by atoms with van der Waals surface area (Å²) in [5.41, 5.74) is 20.2. The number of nitrogens with zero attached hydrogens (tertiary/aromatic N) is 1. The number of aromatic nitrogens is 1. The predicted octanol–water partition coefficient (Wildman–Crippen LogP) is 15.2. The number of fused-ring (bicyclic) bond motifs is 16. The van der Waals surface area contributed by atoms with Crippen molar-refractivity contribution in [3.8, 4) is 16.8 Å². The molecule has 14 rings (SSSR count). The molecule has 66 heavy (non-hydrogen) atoms. The van der Waals surface area contributed by atoms with Gasteiger partial charge in [-0.3, -0.25) is 0 Å². The summed E-state index contributed by atoms with van der Waals surface area (Å²) in [7, 11) is 0.748. The van der Waals surface area contributed by atoms with E-state index < -0.39 is 0 Å². The fourth-order valence-electron chi connectivity index (χ4n) is 11.9. The maximum absolute atomic E-state index is 6.93. The van der Waals surface area contributed by atoms with Gasteiger partial charge in [-0.2, -0.15) is 0 Å². The van der Waals surface area contributed by atoms with Gasteiger partial charge in [0.25, 0.3) is 0 Å². The van der Waals surface area contributed by atoms with Crippen molar-refractivity contribution < 1.29 is 13.3 Å². The molecule has 5 heterocycles. The maximum Gasteiger partial charge on any atom is 0.198 e. The van der Waals surface area contributed by atoms with Gasteiger partial charge < -0.3 is 23.1 Å². The lowest BCUT2D eigenvalue weighted by Gasteiger charge is -2.41. The van der Waals surface area contributed by atoms with Crippen molar-refractivity contribution in [2.75, 3.05) is 5.32 Å². The zero-order valence-corrected chi connectivity index (χ0v) is 38.5. The maximum atomic E-state index is 6.93. The first-order valence-corrected chi connectivity index (χ1v) is 23.6. The molecule has 1 N–H and O–H groups in total. The van der Waals surface area contributed by atoms with E-state index in [9.17, 15) is 0 Å². The van der Waals surface area contributed by atoms with Gasteiger partial charge in [-0.25, -0.2) is 0 Å². The number of hydrogen-bond acceptors (Lipinski definition) is 4. The van der Waals surface area contributed by atoms with Crippen LogP contribution in [-0.2, 0) is 16.2 Å². The molecule has 1 aliphatic heterocycles. The molecule has 5 nitrogen and oxygen atoms in total. The topological polar surface area (TPSA) is 56.4 Å². The van der Waals surface area contributed by atoms with Crippen LogP contribution in [0.2, 0.25) is 0 Å². The van der Waals surface area contributed by atoms with Gasteiger partial charge in [0.1, 0.15) is 33.5 Å². The number of para-hydroxylation sites is 2. The highest BCUT2D eigenvalue weighted by molar-refractivity contribution is 6.74. The highest BCUT2D eigenvalue weighted by Crippen LogP contribution is 2.50. The lowest BCUT2D eigenvalue weighted by molar-refractivity contribution is 0.332. The molecule has 0 unspecified atom stereocenters. The molecule has 4 aromatic heterocycles. The van der Waals surface area contributed by atoms with Gasteiger partial charge >= 0.3 is 0 Å². The number of benzene rings is 8. The molecule has 0 saturated carbocycles. The standard InChI is InChI=1S/C60H49BN2O3/c1-58(2,3)32-16-18-33(19-17-32)62-46-30-52-40(41-27-43-44(29-51(41)65-52)60(6,7)25-24-59(43,4)5)26-39(46)36-20-21-38-54-47(23-22-37-34-12-8-11-15-50(34)66-57(37)54)63-48-31-53-42(28-45(48)61-55(36)56(38)63)35-13-9-10-14-49(35)64-53/h8-23,26-31,61-62H,24-25H2,1-7H3. The van der Waals surface area contributed by atoms with Crippen molar-refractivity contribution in [2.45, 2.75) is 77.6 Å². The number of furan rings is 3. The molecule has 0 spiro atoms. The van der Waals surface area contributed by atoms with Crippen LogP contribution in [-0.4, -0.2) is 11.8 Å². The molecule has 6 heteroatoms. The minimum atomic E-state index is 0.0499. The van der Waals surface area contributed by atoms with Gasteiger partial charge in [0.15, 0.2) is 7.28 Å². The molecule has 0 atom stereocenters. The monoisotopic (exact) mass is 856 g/mol. The second-order valence-electron chi connectivity index (χ2n) is 21.6. The number of nitrogens with one attached hydrogen (secondary N) is 1. The quantitative estimate of drug-likeness (QED) is 0.180. The molecule has 0 bridgehead atoms. The third kappa shape index (κ3) is 5.24. The second kappa shape index (κ2) is 12.8. The Balaban J connectivity index is 1.07. The van der Waals surface area contributed by atoms with E-state index in [1.807, 2.05) is 0 Å².